The lowest BCUT2D eigenvalue weighted by Crippen LogP contribution is -2.40. The molecule has 152 valence electrons. The van der Waals surface area contributed by atoms with Crippen LogP contribution in [-0.2, 0) is 0 Å². The van der Waals surface area contributed by atoms with Gasteiger partial charge in [-0.25, -0.2) is 0 Å². The summed E-state index contributed by atoms with van der Waals surface area (Å²) in [4.78, 5) is 20.0. The number of thiophene rings is 1. The molecule has 1 unspecified atom stereocenters. The second-order valence-electron chi connectivity index (χ2n) is 7.80. The number of carbonyl (C=O) groups excluding carboxylic acids is 1. The molecular formula is C22H26N4O2S. The Balaban J connectivity index is 1.34. The van der Waals surface area contributed by atoms with Gasteiger partial charge in [-0.15, -0.1) is 11.3 Å². The van der Waals surface area contributed by atoms with Crippen molar-refractivity contribution >= 4 is 17.2 Å². The number of rotatable bonds is 6. The van der Waals surface area contributed by atoms with E-state index in [1.807, 2.05) is 17.5 Å². The van der Waals surface area contributed by atoms with Crippen molar-refractivity contribution in [3.05, 3.63) is 59.3 Å². The molecule has 6 nitrogen and oxygen atoms in total. The van der Waals surface area contributed by atoms with Crippen LogP contribution in [0.15, 0.2) is 52.4 Å². The van der Waals surface area contributed by atoms with E-state index in [0.29, 0.717) is 17.8 Å². The number of carbonyl (C=O) groups is 1. The zero-order valence-corrected chi connectivity index (χ0v) is 17.6. The first-order valence-electron chi connectivity index (χ1n) is 10.0. The molecule has 2 heterocycles. The van der Waals surface area contributed by atoms with E-state index in [1.54, 1.807) is 0 Å². The number of benzene rings is 1. The van der Waals surface area contributed by atoms with Crippen LogP contribution < -0.4 is 5.32 Å². The summed E-state index contributed by atoms with van der Waals surface area (Å²) in [6, 6.07) is 15.1. The van der Waals surface area contributed by atoms with Gasteiger partial charge < -0.3 is 14.7 Å². The smallest absolute Gasteiger partial charge is 0.316 e. The fourth-order valence-electron chi connectivity index (χ4n) is 4.29. The van der Waals surface area contributed by atoms with Crippen LogP contribution in [0.5, 0.6) is 0 Å². The molecule has 29 heavy (non-hydrogen) atoms. The van der Waals surface area contributed by atoms with Crippen molar-refractivity contribution in [3.8, 4) is 10.7 Å². The first kappa shape index (κ1) is 19.8. The third-order valence-corrected chi connectivity index (χ3v) is 6.48. The molecule has 7 heteroatoms. The molecule has 1 N–H and O–H groups in total. The molecule has 1 atom stereocenters. The molecule has 0 radical (unpaired) electrons. The van der Waals surface area contributed by atoms with Gasteiger partial charge in [0.2, 0.25) is 5.82 Å². The topological polar surface area (TPSA) is 71.3 Å². The van der Waals surface area contributed by atoms with Crippen molar-refractivity contribution in [2.75, 3.05) is 14.1 Å². The number of hydrogen-bond acceptors (Lipinski definition) is 6. The van der Waals surface area contributed by atoms with Crippen molar-refractivity contribution in [2.45, 2.75) is 37.8 Å². The monoisotopic (exact) mass is 410 g/mol. The molecule has 0 bridgehead atoms. The largest absolute Gasteiger partial charge is 0.345 e. The molecule has 1 aliphatic carbocycles. The minimum atomic E-state index is -0.282. The lowest BCUT2D eigenvalue weighted by molar-refractivity contribution is 0.0863. The Kier molecular flexibility index (Phi) is 6.06. The maximum atomic E-state index is 12.5. The van der Waals surface area contributed by atoms with Crippen LogP contribution in [0.2, 0.25) is 0 Å². The lowest BCUT2D eigenvalue weighted by atomic mass is 9.78. The molecule has 0 aliphatic heterocycles. The molecule has 1 fully saturated rings. The minimum Gasteiger partial charge on any atom is -0.345 e. The SMILES string of the molecule is CN(C)C(c1ccccc1)C1CCC(NC(=O)c2nc(-c3cccs3)no2)CC1. The third-order valence-electron chi connectivity index (χ3n) is 5.61. The highest BCUT2D eigenvalue weighted by Crippen LogP contribution is 2.37. The lowest BCUT2D eigenvalue weighted by Gasteiger charge is -2.37. The average molecular weight is 411 g/mol. The molecule has 1 aromatic carbocycles. The van der Waals surface area contributed by atoms with Crippen LogP contribution in [-0.4, -0.2) is 41.1 Å². The number of nitrogens with one attached hydrogen (secondary N) is 1. The number of nitrogens with zero attached hydrogens (tertiary/aromatic N) is 3. The Morgan fingerprint density at radius 1 is 1.14 bits per heavy atom. The maximum absolute atomic E-state index is 12.5. The van der Waals surface area contributed by atoms with Crippen LogP contribution in [0.25, 0.3) is 10.7 Å². The van der Waals surface area contributed by atoms with Gasteiger partial charge in [-0.1, -0.05) is 41.6 Å². The number of aromatic nitrogens is 2. The highest BCUT2D eigenvalue weighted by Gasteiger charge is 2.31. The van der Waals surface area contributed by atoms with Gasteiger partial charge in [0.1, 0.15) is 0 Å². The first-order chi connectivity index (χ1) is 14.1. The Hall–Kier alpha value is -2.51. The van der Waals surface area contributed by atoms with Gasteiger partial charge in [0.05, 0.1) is 4.88 Å². The van der Waals surface area contributed by atoms with Crippen molar-refractivity contribution in [3.63, 3.8) is 0 Å². The molecule has 4 rings (SSSR count). The Morgan fingerprint density at radius 2 is 1.90 bits per heavy atom. The van der Waals surface area contributed by atoms with Crippen LogP contribution in [0.3, 0.4) is 0 Å². The van der Waals surface area contributed by atoms with Crippen molar-refractivity contribution in [2.24, 2.45) is 5.92 Å². The maximum Gasteiger partial charge on any atom is 0.316 e. The zero-order valence-electron chi connectivity index (χ0n) is 16.7. The van der Waals surface area contributed by atoms with Crippen molar-refractivity contribution < 1.29 is 9.32 Å². The second-order valence-corrected chi connectivity index (χ2v) is 8.75. The standard InChI is InChI=1S/C22H26N4O2S/c1-26(2)19(15-7-4-3-5-8-15)16-10-12-17(13-11-16)23-21(27)22-24-20(25-28-22)18-9-6-14-29-18/h3-9,14,16-17,19H,10-13H2,1-2H3,(H,23,27). The highest BCUT2D eigenvalue weighted by molar-refractivity contribution is 7.13. The summed E-state index contributed by atoms with van der Waals surface area (Å²) in [6.45, 7) is 0. The molecule has 0 spiro atoms. The van der Waals surface area contributed by atoms with E-state index >= 15 is 0 Å². The average Bonchev–Trinajstić information content (AvgIpc) is 3.42. The van der Waals surface area contributed by atoms with Gasteiger partial charge in [-0.05, 0) is 62.7 Å². The van der Waals surface area contributed by atoms with Crippen LogP contribution >= 0.6 is 11.3 Å². The van der Waals surface area contributed by atoms with Gasteiger partial charge in [0.15, 0.2) is 0 Å². The molecule has 2 aromatic heterocycles. The Bertz CT molecular complexity index is 915. The van der Waals surface area contributed by atoms with E-state index in [-0.39, 0.29) is 17.8 Å². The van der Waals surface area contributed by atoms with E-state index in [2.05, 4.69) is 64.8 Å². The summed E-state index contributed by atoms with van der Waals surface area (Å²) < 4.78 is 5.17. The summed E-state index contributed by atoms with van der Waals surface area (Å²) in [7, 11) is 4.29. The predicted octanol–water partition coefficient (Wildman–Crippen LogP) is 4.39. The van der Waals surface area contributed by atoms with E-state index in [1.165, 1.54) is 16.9 Å². The molecule has 1 amide bonds. The van der Waals surface area contributed by atoms with Gasteiger partial charge in [0.25, 0.3) is 0 Å². The fraction of sp³-hybridized carbons (Fsp3) is 0.409. The van der Waals surface area contributed by atoms with Crippen LogP contribution in [0.4, 0.5) is 0 Å². The zero-order chi connectivity index (χ0) is 20.2. The second kappa shape index (κ2) is 8.88. The predicted molar refractivity (Wildman–Crippen MR) is 114 cm³/mol. The summed E-state index contributed by atoms with van der Waals surface area (Å²) >= 11 is 1.52. The Morgan fingerprint density at radius 3 is 2.55 bits per heavy atom. The summed E-state index contributed by atoms with van der Waals surface area (Å²) in [5, 5.41) is 8.94. The van der Waals surface area contributed by atoms with Crippen molar-refractivity contribution in [1.29, 1.82) is 0 Å². The quantitative estimate of drug-likeness (QED) is 0.653. The fourth-order valence-corrected chi connectivity index (χ4v) is 4.94. The van der Waals surface area contributed by atoms with E-state index < -0.39 is 0 Å². The van der Waals surface area contributed by atoms with Gasteiger partial charge in [-0.3, -0.25) is 4.79 Å². The minimum absolute atomic E-state index is 0.0333. The van der Waals surface area contributed by atoms with Gasteiger partial charge in [-0.2, -0.15) is 4.98 Å². The number of amides is 1. The van der Waals surface area contributed by atoms with E-state index in [4.69, 9.17) is 4.52 Å². The van der Waals surface area contributed by atoms with E-state index in [0.717, 1.165) is 30.6 Å². The van der Waals surface area contributed by atoms with Crippen molar-refractivity contribution in [1.82, 2.24) is 20.4 Å². The molecule has 1 aliphatic rings. The number of hydrogen-bond donors (Lipinski definition) is 1. The van der Waals surface area contributed by atoms with Gasteiger partial charge >= 0.3 is 11.8 Å². The highest BCUT2D eigenvalue weighted by atomic mass is 32.1. The normalized spacial score (nSPS) is 20.5. The summed E-state index contributed by atoms with van der Waals surface area (Å²) in [5.41, 5.74) is 1.36. The summed E-state index contributed by atoms with van der Waals surface area (Å²) in [5.74, 6) is 0.793. The van der Waals surface area contributed by atoms with Crippen LogP contribution in [0, 0.1) is 5.92 Å². The Labute approximate surface area is 174 Å². The van der Waals surface area contributed by atoms with Gasteiger partial charge in [0, 0.05) is 12.1 Å². The first-order valence-corrected chi connectivity index (χ1v) is 10.9. The van der Waals surface area contributed by atoms with Crippen LogP contribution in [0.1, 0.15) is 48.0 Å². The molecule has 1 saturated carbocycles. The third kappa shape index (κ3) is 4.57. The summed E-state index contributed by atoms with van der Waals surface area (Å²) in [6.07, 6.45) is 4.07. The van der Waals surface area contributed by atoms with E-state index in [9.17, 15) is 4.79 Å². The molecule has 3 aromatic rings. The molecular weight excluding hydrogens is 384 g/mol. The molecule has 0 saturated heterocycles.